The minimum Gasteiger partial charge on any atom is -0.460 e. The van der Waals surface area contributed by atoms with Crippen molar-refractivity contribution in [1.82, 2.24) is 10.2 Å². The van der Waals surface area contributed by atoms with Gasteiger partial charge in [0.2, 0.25) is 5.91 Å². The Labute approximate surface area is 238 Å². The molecule has 1 N–H and O–H groups in total. The number of carbonyl (C=O) groups excluding carboxylic acids is 3. The van der Waals surface area contributed by atoms with Gasteiger partial charge in [0.05, 0.1) is 22.5 Å². The van der Waals surface area contributed by atoms with Crippen molar-refractivity contribution < 1.29 is 45.5 Å². The number of thiocarbonyl (C=S) groups is 1. The molecule has 0 bridgehead atoms. The second kappa shape index (κ2) is 11.9. The zero-order chi connectivity index (χ0) is 30.0. The second-order valence-electron chi connectivity index (χ2n) is 9.49. The first-order valence-corrected chi connectivity index (χ1v) is 13.6. The average Bonchev–Trinajstić information content (AvgIpc) is 3.37. The van der Waals surface area contributed by atoms with Crippen LogP contribution in [0.5, 0.6) is 0 Å². The lowest BCUT2D eigenvalue weighted by molar-refractivity contribution is -0.154. The Hall–Kier alpha value is -2.91. The molecule has 1 fully saturated rings. The predicted octanol–water partition coefficient (Wildman–Crippen LogP) is 6.50. The van der Waals surface area contributed by atoms with E-state index >= 15 is 0 Å². The lowest BCUT2D eigenvalue weighted by atomic mass is 10.0. The Morgan fingerprint density at radius 3 is 2.15 bits per heavy atom. The maximum absolute atomic E-state index is 13.2. The molecule has 2 heterocycles. The van der Waals surface area contributed by atoms with Gasteiger partial charge in [-0.3, -0.25) is 19.3 Å². The third-order valence-electron chi connectivity index (χ3n) is 5.06. The summed E-state index contributed by atoms with van der Waals surface area (Å²) in [5, 5.41) is 3.88. The van der Waals surface area contributed by atoms with Gasteiger partial charge in [0.1, 0.15) is 16.5 Å². The Balaban J connectivity index is 1.70. The molecule has 15 heteroatoms. The highest BCUT2D eigenvalue weighted by Crippen LogP contribution is 2.40. The van der Waals surface area contributed by atoms with Crippen LogP contribution in [0.1, 0.15) is 43.2 Å². The van der Waals surface area contributed by atoms with Crippen molar-refractivity contribution in [1.29, 1.82) is 0 Å². The van der Waals surface area contributed by atoms with Gasteiger partial charge < -0.3 is 10.1 Å². The van der Waals surface area contributed by atoms with Gasteiger partial charge in [-0.15, -0.1) is 11.3 Å². The molecule has 0 aliphatic carbocycles. The lowest BCUT2D eigenvalue weighted by Gasteiger charge is -2.19. The van der Waals surface area contributed by atoms with E-state index in [1.54, 1.807) is 20.8 Å². The molecular formula is C25H22F6N2O4S3. The van der Waals surface area contributed by atoms with Crippen molar-refractivity contribution in [2.24, 2.45) is 0 Å². The van der Waals surface area contributed by atoms with E-state index in [9.17, 15) is 40.7 Å². The van der Waals surface area contributed by atoms with Crippen molar-refractivity contribution in [3.8, 4) is 11.1 Å². The van der Waals surface area contributed by atoms with Gasteiger partial charge in [-0.25, -0.2) is 0 Å². The fourth-order valence-corrected chi connectivity index (χ4v) is 5.53. The van der Waals surface area contributed by atoms with Crippen LogP contribution in [0.25, 0.3) is 17.2 Å². The van der Waals surface area contributed by atoms with E-state index in [2.05, 4.69) is 5.32 Å². The van der Waals surface area contributed by atoms with E-state index < -0.39 is 53.4 Å². The minimum atomic E-state index is -4.98. The van der Waals surface area contributed by atoms with Crippen molar-refractivity contribution in [2.75, 3.05) is 13.1 Å². The van der Waals surface area contributed by atoms with Crippen molar-refractivity contribution in [3.05, 3.63) is 50.6 Å². The van der Waals surface area contributed by atoms with Gasteiger partial charge in [-0.05, 0) is 67.6 Å². The van der Waals surface area contributed by atoms with E-state index in [4.69, 9.17) is 17.0 Å². The number of hydrogen-bond acceptors (Lipinski definition) is 7. The smallest absolute Gasteiger partial charge is 0.416 e. The number of amides is 2. The Bertz CT molecular complexity index is 1330. The third kappa shape index (κ3) is 8.54. The average molecular weight is 625 g/mol. The van der Waals surface area contributed by atoms with Crippen molar-refractivity contribution in [2.45, 2.75) is 45.1 Å². The number of carbonyl (C=O) groups is 3. The minimum absolute atomic E-state index is 0.0120. The van der Waals surface area contributed by atoms with Gasteiger partial charge in [-0.2, -0.15) is 26.3 Å². The second-order valence-corrected chi connectivity index (χ2v) is 12.1. The molecule has 0 spiro atoms. The number of thioether (sulfide) groups is 1. The molecule has 3 rings (SSSR count). The molecule has 1 saturated heterocycles. The predicted molar refractivity (Wildman–Crippen MR) is 143 cm³/mol. The highest BCUT2D eigenvalue weighted by Gasteiger charge is 2.37. The molecule has 0 atom stereocenters. The normalized spacial score (nSPS) is 15.6. The number of nitrogens with one attached hydrogen (secondary N) is 1. The van der Waals surface area contributed by atoms with E-state index in [0.29, 0.717) is 17.0 Å². The van der Waals surface area contributed by atoms with E-state index in [1.165, 1.54) is 17.5 Å². The number of hydrogen-bond donors (Lipinski definition) is 1. The number of ether oxygens (including phenoxy) is 1. The molecule has 0 unspecified atom stereocenters. The number of esters is 1. The van der Waals surface area contributed by atoms with Crippen molar-refractivity contribution >= 4 is 63.5 Å². The third-order valence-corrected chi connectivity index (χ3v) is 7.32. The summed E-state index contributed by atoms with van der Waals surface area (Å²) in [5.41, 5.74) is -3.72. The Morgan fingerprint density at radius 2 is 1.60 bits per heavy atom. The molecule has 1 aliphatic rings. The maximum atomic E-state index is 13.2. The quantitative estimate of drug-likeness (QED) is 0.164. The topological polar surface area (TPSA) is 75.7 Å². The number of thiophene rings is 1. The van der Waals surface area contributed by atoms with Crippen molar-refractivity contribution in [3.63, 3.8) is 0 Å². The van der Waals surface area contributed by atoms with Crippen LogP contribution in [0.15, 0.2) is 34.6 Å². The number of halogens is 6. The first kappa shape index (κ1) is 31.6. The summed E-state index contributed by atoms with van der Waals surface area (Å²) < 4.78 is 84.5. The maximum Gasteiger partial charge on any atom is 0.416 e. The largest absolute Gasteiger partial charge is 0.460 e. The lowest BCUT2D eigenvalue weighted by Crippen LogP contribution is -2.40. The molecule has 1 aromatic carbocycles. The molecule has 6 nitrogen and oxygen atoms in total. The molecule has 1 aromatic heterocycles. The summed E-state index contributed by atoms with van der Waals surface area (Å²) in [4.78, 5) is 38.4. The summed E-state index contributed by atoms with van der Waals surface area (Å²) in [5.74, 6) is -1.66. The van der Waals surface area contributed by atoms with Crippen LogP contribution in [-0.2, 0) is 31.5 Å². The fraction of sp³-hybridized carbons (Fsp3) is 0.360. The fourth-order valence-electron chi connectivity index (χ4n) is 3.36. The summed E-state index contributed by atoms with van der Waals surface area (Å²) in [6.45, 7) is 4.70. The first-order chi connectivity index (χ1) is 18.3. The highest BCUT2D eigenvalue weighted by molar-refractivity contribution is 8.26. The number of alkyl halides is 6. The SMILES string of the molecule is CC(C)(C)OC(=O)CCNC(=O)CN1C(=O)/C(=C/c2cc(-c3cc(C(F)(F)F)cc(C(F)(F)F)c3)cs2)SC1=S. The van der Waals surface area contributed by atoms with Crippen LogP contribution >= 0.6 is 35.3 Å². The standard InChI is InChI=1S/C25H22F6N2O4S3/c1-23(2,3)37-20(35)4-5-32-19(34)11-33-21(36)18(40-22(33)38)10-17-8-14(12-39-17)13-6-15(24(26,27)28)9-16(7-13)25(29,30)31/h6-10,12H,4-5,11H2,1-3H3,(H,32,34)/b18-10-. The molecule has 2 aromatic rings. The molecular weight excluding hydrogens is 602 g/mol. The van der Waals surface area contributed by atoms with Crippen LogP contribution in [0.4, 0.5) is 26.3 Å². The summed E-state index contributed by atoms with van der Waals surface area (Å²) >= 11 is 7.09. The number of benzene rings is 1. The summed E-state index contributed by atoms with van der Waals surface area (Å²) in [7, 11) is 0. The molecule has 1 aliphatic heterocycles. The molecule has 0 radical (unpaired) electrons. The van der Waals surface area contributed by atoms with Gasteiger partial charge in [0, 0.05) is 11.4 Å². The van der Waals surface area contributed by atoms with Gasteiger partial charge >= 0.3 is 18.3 Å². The van der Waals surface area contributed by atoms with Crippen LogP contribution in [-0.4, -0.2) is 45.7 Å². The van der Waals surface area contributed by atoms with E-state index in [0.717, 1.165) is 28.0 Å². The van der Waals surface area contributed by atoms with Gasteiger partial charge in [-0.1, -0.05) is 24.0 Å². The summed E-state index contributed by atoms with van der Waals surface area (Å²) in [6, 6.07) is 2.66. The van der Waals surface area contributed by atoms with Gasteiger partial charge in [0.15, 0.2) is 0 Å². The van der Waals surface area contributed by atoms with Crippen LogP contribution in [0.2, 0.25) is 0 Å². The monoisotopic (exact) mass is 624 g/mol. The molecule has 2 amide bonds. The zero-order valence-electron chi connectivity index (χ0n) is 21.2. The van der Waals surface area contributed by atoms with Gasteiger partial charge in [0.25, 0.3) is 5.91 Å². The van der Waals surface area contributed by atoms with E-state index in [-0.39, 0.29) is 39.4 Å². The Morgan fingerprint density at radius 1 is 1.00 bits per heavy atom. The first-order valence-electron chi connectivity index (χ1n) is 11.5. The Kier molecular flexibility index (Phi) is 9.41. The van der Waals surface area contributed by atoms with Crippen LogP contribution < -0.4 is 5.32 Å². The van der Waals surface area contributed by atoms with Crippen LogP contribution in [0, 0.1) is 0 Å². The number of rotatable bonds is 7. The molecule has 216 valence electrons. The highest BCUT2D eigenvalue weighted by atomic mass is 32.2. The molecule has 0 saturated carbocycles. The molecule has 40 heavy (non-hydrogen) atoms. The number of nitrogens with zero attached hydrogens (tertiary/aromatic N) is 1. The summed E-state index contributed by atoms with van der Waals surface area (Å²) in [6.07, 6.45) is -8.64. The van der Waals surface area contributed by atoms with E-state index in [1.807, 2.05) is 0 Å². The zero-order valence-corrected chi connectivity index (χ0v) is 23.6. The van der Waals surface area contributed by atoms with Crippen LogP contribution in [0.3, 0.4) is 0 Å².